The van der Waals surface area contributed by atoms with Gasteiger partial charge in [-0.05, 0) is 36.4 Å². The second kappa shape index (κ2) is 8.18. The van der Waals surface area contributed by atoms with Gasteiger partial charge in [-0.25, -0.2) is 0 Å². The minimum Gasteiger partial charge on any atom is -0.497 e. The highest BCUT2D eigenvalue weighted by Crippen LogP contribution is 2.30. The summed E-state index contributed by atoms with van der Waals surface area (Å²) in [6.45, 7) is 0. The molecule has 1 aromatic heterocycles. The standard InChI is InChI=1S/C20H20N4O3/c1-24(14-7-5-4-6-8-14)20(25)17-11-12-19(23-22-17)21-16-10-9-15(26-2)13-18(16)27-3/h4-13H,1-3H3,(H,21,23). The molecule has 0 spiro atoms. The van der Waals surface area contributed by atoms with E-state index in [2.05, 4.69) is 15.5 Å². The normalized spacial score (nSPS) is 10.2. The average molecular weight is 364 g/mol. The van der Waals surface area contributed by atoms with Crippen molar-refractivity contribution in [1.82, 2.24) is 10.2 Å². The highest BCUT2D eigenvalue weighted by atomic mass is 16.5. The summed E-state index contributed by atoms with van der Waals surface area (Å²) in [5.74, 6) is 1.56. The fourth-order valence-corrected chi connectivity index (χ4v) is 2.49. The van der Waals surface area contributed by atoms with E-state index in [1.54, 1.807) is 39.5 Å². The third kappa shape index (κ3) is 4.14. The van der Waals surface area contributed by atoms with Gasteiger partial charge in [0.1, 0.15) is 11.5 Å². The molecule has 3 rings (SSSR count). The SMILES string of the molecule is COc1ccc(Nc2ccc(C(=O)N(C)c3ccccc3)nn2)c(OC)c1. The molecule has 0 bridgehead atoms. The summed E-state index contributed by atoms with van der Waals surface area (Å²) in [6, 6.07) is 18.1. The molecule has 0 saturated heterocycles. The van der Waals surface area contributed by atoms with Gasteiger partial charge >= 0.3 is 0 Å². The van der Waals surface area contributed by atoms with Crippen LogP contribution in [-0.4, -0.2) is 37.4 Å². The van der Waals surface area contributed by atoms with Gasteiger partial charge in [-0.2, -0.15) is 0 Å². The zero-order valence-electron chi connectivity index (χ0n) is 15.3. The number of carbonyl (C=O) groups excluding carboxylic acids is 1. The first-order valence-corrected chi connectivity index (χ1v) is 8.28. The maximum absolute atomic E-state index is 12.6. The largest absolute Gasteiger partial charge is 0.497 e. The number of carbonyl (C=O) groups is 1. The van der Waals surface area contributed by atoms with Crippen LogP contribution in [0.3, 0.4) is 0 Å². The van der Waals surface area contributed by atoms with E-state index in [1.807, 2.05) is 42.5 Å². The van der Waals surface area contributed by atoms with Gasteiger partial charge < -0.3 is 19.7 Å². The van der Waals surface area contributed by atoms with E-state index in [-0.39, 0.29) is 11.6 Å². The van der Waals surface area contributed by atoms with Crippen LogP contribution in [0.2, 0.25) is 0 Å². The molecule has 0 aliphatic rings. The van der Waals surface area contributed by atoms with Crippen molar-refractivity contribution in [2.45, 2.75) is 0 Å². The predicted octanol–water partition coefficient (Wildman–Crippen LogP) is 3.51. The molecule has 1 heterocycles. The van der Waals surface area contributed by atoms with Crippen molar-refractivity contribution in [1.29, 1.82) is 0 Å². The molecule has 2 aromatic carbocycles. The molecule has 1 N–H and O–H groups in total. The number of para-hydroxylation sites is 1. The van der Waals surface area contributed by atoms with Crippen LogP contribution in [0.25, 0.3) is 0 Å². The van der Waals surface area contributed by atoms with Crippen LogP contribution < -0.4 is 19.7 Å². The van der Waals surface area contributed by atoms with Crippen molar-refractivity contribution in [2.24, 2.45) is 0 Å². The number of methoxy groups -OCH3 is 2. The number of amides is 1. The van der Waals surface area contributed by atoms with Gasteiger partial charge in [0.2, 0.25) is 0 Å². The maximum Gasteiger partial charge on any atom is 0.278 e. The second-order valence-corrected chi connectivity index (χ2v) is 5.69. The number of hydrogen-bond donors (Lipinski definition) is 1. The Kier molecular flexibility index (Phi) is 5.51. The van der Waals surface area contributed by atoms with Gasteiger partial charge in [0.15, 0.2) is 11.5 Å². The zero-order valence-corrected chi connectivity index (χ0v) is 15.3. The number of nitrogens with one attached hydrogen (secondary N) is 1. The molecule has 0 radical (unpaired) electrons. The third-order valence-electron chi connectivity index (χ3n) is 4.00. The Morgan fingerprint density at radius 1 is 0.963 bits per heavy atom. The van der Waals surface area contributed by atoms with Crippen LogP contribution in [0.5, 0.6) is 11.5 Å². The van der Waals surface area contributed by atoms with Crippen molar-refractivity contribution >= 4 is 23.1 Å². The van der Waals surface area contributed by atoms with Crippen molar-refractivity contribution in [2.75, 3.05) is 31.5 Å². The van der Waals surface area contributed by atoms with E-state index in [4.69, 9.17) is 9.47 Å². The lowest BCUT2D eigenvalue weighted by molar-refractivity contribution is 0.0987. The molecule has 3 aromatic rings. The van der Waals surface area contributed by atoms with Gasteiger partial charge in [-0.15, -0.1) is 10.2 Å². The Morgan fingerprint density at radius 2 is 1.74 bits per heavy atom. The van der Waals surface area contributed by atoms with Gasteiger partial charge in [-0.1, -0.05) is 18.2 Å². The monoisotopic (exact) mass is 364 g/mol. The lowest BCUT2D eigenvalue weighted by atomic mass is 10.2. The lowest BCUT2D eigenvalue weighted by Crippen LogP contribution is -2.27. The van der Waals surface area contributed by atoms with E-state index in [0.717, 1.165) is 5.69 Å². The topological polar surface area (TPSA) is 76.6 Å². The molecule has 0 saturated carbocycles. The van der Waals surface area contributed by atoms with Crippen LogP contribution in [0.1, 0.15) is 10.5 Å². The molecule has 1 amide bonds. The number of anilines is 3. The highest BCUT2D eigenvalue weighted by Gasteiger charge is 2.15. The molecule has 0 aliphatic carbocycles. The van der Waals surface area contributed by atoms with Crippen LogP contribution in [0, 0.1) is 0 Å². The number of hydrogen-bond acceptors (Lipinski definition) is 6. The first-order chi connectivity index (χ1) is 13.1. The van der Waals surface area contributed by atoms with Gasteiger partial charge in [0.25, 0.3) is 5.91 Å². The number of nitrogens with zero attached hydrogens (tertiary/aromatic N) is 3. The smallest absolute Gasteiger partial charge is 0.278 e. The maximum atomic E-state index is 12.6. The molecule has 138 valence electrons. The fraction of sp³-hybridized carbons (Fsp3) is 0.150. The quantitative estimate of drug-likeness (QED) is 0.721. The summed E-state index contributed by atoms with van der Waals surface area (Å²) in [5, 5.41) is 11.3. The zero-order chi connectivity index (χ0) is 19.2. The summed E-state index contributed by atoms with van der Waals surface area (Å²) in [5.41, 5.74) is 1.76. The third-order valence-corrected chi connectivity index (χ3v) is 4.00. The molecular formula is C20H20N4O3. The molecule has 0 atom stereocenters. The Balaban J connectivity index is 1.75. The van der Waals surface area contributed by atoms with E-state index in [9.17, 15) is 4.79 Å². The summed E-state index contributed by atoms with van der Waals surface area (Å²) < 4.78 is 10.5. The van der Waals surface area contributed by atoms with Crippen LogP contribution >= 0.6 is 0 Å². The number of rotatable bonds is 6. The Labute approximate surface area is 157 Å². The van der Waals surface area contributed by atoms with Gasteiger partial charge in [0, 0.05) is 18.8 Å². The molecule has 0 aliphatic heterocycles. The Bertz CT molecular complexity index is 914. The predicted molar refractivity (Wildman–Crippen MR) is 104 cm³/mol. The number of benzene rings is 2. The molecular weight excluding hydrogens is 344 g/mol. The first-order valence-electron chi connectivity index (χ1n) is 8.28. The second-order valence-electron chi connectivity index (χ2n) is 5.69. The minimum atomic E-state index is -0.234. The molecule has 0 unspecified atom stereocenters. The molecule has 0 fully saturated rings. The van der Waals surface area contributed by atoms with Crippen molar-refractivity contribution in [3.63, 3.8) is 0 Å². The Hall–Kier alpha value is -3.61. The van der Waals surface area contributed by atoms with Gasteiger partial charge in [-0.3, -0.25) is 4.79 Å². The van der Waals surface area contributed by atoms with Crippen molar-refractivity contribution < 1.29 is 14.3 Å². The van der Waals surface area contributed by atoms with E-state index in [0.29, 0.717) is 23.0 Å². The van der Waals surface area contributed by atoms with E-state index < -0.39 is 0 Å². The lowest BCUT2D eigenvalue weighted by Gasteiger charge is -2.16. The summed E-state index contributed by atoms with van der Waals surface area (Å²) >= 11 is 0. The van der Waals surface area contributed by atoms with Crippen LogP contribution in [0.15, 0.2) is 60.7 Å². The number of aromatic nitrogens is 2. The Morgan fingerprint density at radius 3 is 2.37 bits per heavy atom. The molecule has 7 nitrogen and oxygen atoms in total. The summed E-state index contributed by atoms with van der Waals surface area (Å²) in [4.78, 5) is 14.1. The molecule has 27 heavy (non-hydrogen) atoms. The van der Waals surface area contributed by atoms with Crippen molar-refractivity contribution in [3.8, 4) is 11.5 Å². The van der Waals surface area contributed by atoms with Crippen LogP contribution in [-0.2, 0) is 0 Å². The minimum absolute atomic E-state index is 0.234. The van der Waals surface area contributed by atoms with Gasteiger partial charge in [0.05, 0.1) is 19.9 Å². The summed E-state index contributed by atoms with van der Waals surface area (Å²) in [6.07, 6.45) is 0. The summed E-state index contributed by atoms with van der Waals surface area (Å²) in [7, 11) is 4.87. The van der Waals surface area contributed by atoms with Crippen molar-refractivity contribution in [3.05, 3.63) is 66.4 Å². The van der Waals surface area contributed by atoms with E-state index in [1.165, 1.54) is 4.90 Å². The number of ether oxygens (including phenoxy) is 2. The first kappa shape index (κ1) is 18.2. The van der Waals surface area contributed by atoms with E-state index >= 15 is 0 Å². The highest BCUT2D eigenvalue weighted by molar-refractivity contribution is 6.04. The fourth-order valence-electron chi connectivity index (χ4n) is 2.49. The molecule has 7 heteroatoms. The average Bonchev–Trinajstić information content (AvgIpc) is 2.74. The van der Waals surface area contributed by atoms with Crippen LogP contribution in [0.4, 0.5) is 17.2 Å².